The third-order valence-corrected chi connectivity index (χ3v) is 5.55. The third kappa shape index (κ3) is 5.15. The number of hydrogen-bond acceptors (Lipinski definition) is 7. The Labute approximate surface area is 195 Å². The molecular weight excluding hydrogens is 436 g/mol. The van der Waals surface area contributed by atoms with Gasteiger partial charge in [-0.15, -0.1) is 0 Å². The molecule has 174 valence electrons. The van der Waals surface area contributed by atoms with Crippen molar-refractivity contribution < 1.29 is 24.6 Å². The maximum Gasteiger partial charge on any atom is 0.316 e. The quantitative estimate of drug-likeness (QED) is 0.170. The topological polar surface area (TPSA) is 141 Å². The summed E-state index contributed by atoms with van der Waals surface area (Å²) in [5.41, 5.74) is 4.38. The Bertz CT molecular complexity index is 1300. The van der Waals surface area contributed by atoms with Crippen molar-refractivity contribution in [2.45, 2.75) is 25.7 Å². The van der Waals surface area contributed by atoms with E-state index in [1.54, 1.807) is 0 Å². The SMILES string of the molecule is O=C(/C=C/c1ccc(O)c(O)c1)NC(=O)C(=O)NCNc1c2c(nc3ccccc13)CCCC2. The fraction of sp³-hybridized carbons (Fsp3) is 0.200. The van der Waals surface area contributed by atoms with Crippen LogP contribution in [0.15, 0.2) is 48.5 Å². The van der Waals surface area contributed by atoms with Gasteiger partial charge in [-0.2, -0.15) is 0 Å². The highest BCUT2D eigenvalue weighted by Gasteiger charge is 2.19. The Hall–Kier alpha value is -4.40. The first-order valence-electron chi connectivity index (χ1n) is 10.9. The molecule has 0 radical (unpaired) electrons. The van der Waals surface area contributed by atoms with Crippen molar-refractivity contribution in [3.05, 3.63) is 65.4 Å². The van der Waals surface area contributed by atoms with Crippen LogP contribution in [-0.4, -0.2) is 39.6 Å². The number of fused-ring (bicyclic) bond motifs is 2. The smallest absolute Gasteiger partial charge is 0.316 e. The Kier molecular flexibility index (Phi) is 6.72. The van der Waals surface area contributed by atoms with Crippen LogP contribution in [0.25, 0.3) is 17.0 Å². The van der Waals surface area contributed by atoms with E-state index < -0.39 is 17.7 Å². The van der Waals surface area contributed by atoms with Crippen molar-refractivity contribution in [3.63, 3.8) is 0 Å². The molecule has 9 heteroatoms. The number of aryl methyl sites for hydroxylation is 1. The molecular formula is C25H24N4O5. The number of imide groups is 1. The van der Waals surface area contributed by atoms with E-state index in [0.717, 1.165) is 59.6 Å². The summed E-state index contributed by atoms with van der Waals surface area (Å²) in [5, 5.41) is 27.4. The van der Waals surface area contributed by atoms with Crippen LogP contribution in [0, 0.1) is 0 Å². The molecule has 1 aliphatic rings. The molecule has 3 aromatic rings. The van der Waals surface area contributed by atoms with Gasteiger partial charge in [0.25, 0.3) is 5.91 Å². The van der Waals surface area contributed by atoms with Gasteiger partial charge in [0.2, 0.25) is 0 Å². The average Bonchev–Trinajstić information content (AvgIpc) is 2.84. The third-order valence-electron chi connectivity index (χ3n) is 5.55. The monoisotopic (exact) mass is 460 g/mol. The first-order valence-corrected chi connectivity index (χ1v) is 10.9. The fourth-order valence-corrected chi connectivity index (χ4v) is 3.89. The minimum Gasteiger partial charge on any atom is -0.504 e. The van der Waals surface area contributed by atoms with Crippen LogP contribution < -0.4 is 16.0 Å². The normalized spacial score (nSPS) is 12.8. The molecule has 3 amide bonds. The lowest BCUT2D eigenvalue weighted by molar-refractivity contribution is -0.141. The van der Waals surface area contributed by atoms with Crippen molar-refractivity contribution in [1.29, 1.82) is 0 Å². The number of rotatable bonds is 5. The Balaban J connectivity index is 1.35. The van der Waals surface area contributed by atoms with Gasteiger partial charge in [-0.3, -0.25) is 24.7 Å². The zero-order chi connectivity index (χ0) is 24.1. The Morgan fingerprint density at radius 2 is 1.76 bits per heavy atom. The van der Waals surface area contributed by atoms with Crippen molar-refractivity contribution in [2.24, 2.45) is 0 Å². The molecule has 0 atom stereocenters. The lowest BCUT2D eigenvalue weighted by Crippen LogP contribution is -2.43. The van der Waals surface area contributed by atoms with Crippen molar-refractivity contribution >= 4 is 40.4 Å². The van der Waals surface area contributed by atoms with E-state index in [0.29, 0.717) is 5.56 Å². The molecule has 0 bridgehead atoms. The molecule has 1 aromatic heterocycles. The van der Waals surface area contributed by atoms with Gasteiger partial charge in [-0.05, 0) is 61.1 Å². The number of anilines is 1. The summed E-state index contributed by atoms with van der Waals surface area (Å²) in [5.74, 6) is -3.47. The van der Waals surface area contributed by atoms with Crippen LogP contribution in [-0.2, 0) is 27.2 Å². The molecule has 0 aliphatic heterocycles. The summed E-state index contributed by atoms with van der Waals surface area (Å²) in [6.45, 7) is 0.00349. The van der Waals surface area contributed by atoms with Gasteiger partial charge in [-0.25, -0.2) is 0 Å². The van der Waals surface area contributed by atoms with Gasteiger partial charge in [0.1, 0.15) is 0 Å². The van der Waals surface area contributed by atoms with Crippen LogP contribution in [0.5, 0.6) is 11.5 Å². The molecule has 0 saturated carbocycles. The summed E-state index contributed by atoms with van der Waals surface area (Å²) in [6, 6.07) is 11.8. The number of carbonyl (C=O) groups is 3. The molecule has 34 heavy (non-hydrogen) atoms. The lowest BCUT2D eigenvalue weighted by atomic mass is 9.93. The fourth-order valence-electron chi connectivity index (χ4n) is 3.89. The Morgan fingerprint density at radius 1 is 0.971 bits per heavy atom. The molecule has 9 nitrogen and oxygen atoms in total. The molecule has 0 unspecified atom stereocenters. The summed E-state index contributed by atoms with van der Waals surface area (Å²) < 4.78 is 0. The number of para-hydroxylation sites is 1. The molecule has 4 rings (SSSR count). The predicted molar refractivity (Wildman–Crippen MR) is 127 cm³/mol. The first kappa shape index (κ1) is 22.8. The summed E-state index contributed by atoms with van der Waals surface area (Å²) in [4.78, 5) is 40.9. The molecule has 0 spiro atoms. The largest absolute Gasteiger partial charge is 0.504 e. The van der Waals surface area contributed by atoms with Gasteiger partial charge in [0.05, 0.1) is 12.2 Å². The average molecular weight is 460 g/mol. The maximum atomic E-state index is 12.2. The van der Waals surface area contributed by atoms with Crippen LogP contribution in [0.2, 0.25) is 0 Å². The zero-order valence-corrected chi connectivity index (χ0v) is 18.3. The second-order valence-corrected chi connectivity index (χ2v) is 7.90. The van der Waals surface area contributed by atoms with Crippen molar-refractivity contribution in [2.75, 3.05) is 12.0 Å². The van der Waals surface area contributed by atoms with E-state index in [-0.39, 0.29) is 18.2 Å². The lowest BCUT2D eigenvalue weighted by Gasteiger charge is -2.21. The highest BCUT2D eigenvalue weighted by molar-refractivity contribution is 6.38. The van der Waals surface area contributed by atoms with E-state index in [2.05, 4.69) is 10.6 Å². The second-order valence-electron chi connectivity index (χ2n) is 7.90. The number of phenols is 2. The zero-order valence-electron chi connectivity index (χ0n) is 18.3. The number of carbonyl (C=O) groups excluding carboxylic acids is 3. The van der Waals surface area contributed by atoms with Gasteiger partial charge < -0.3 is 20.8 Å². The van der Waals surface area contributed by atoms with Crippen LogP contribution in [0.4, 0.5) is 5.69 Å². The number of hydrogen-bond donors (Lipinski definition) is 5. The number of pyridine rings is 1. The van der Waals surface area contributed by atoms with E-state index in [1.165, 1.54) is 24.3 Å². The summed E-state index contributed by atoms with van der Waals surface area (Å²) in [6.07, 6.45) is 6.33. The number of amides is 3. The van der Waals surface area contributed by atoms with Gasteiger partial charge in [0, 0.05) is 22.8 Å². The standard InChI is InChI=1S/C25H24N4O5/c30-20-11-9-15(13-21(20)31)10-12-22(32)29-25(34)24(33)27-14-26-23-16-5-1-3-7-18(16)28-19-8-4-2-6-17(19)23/h1,3,5,7,9-13,30-31H,2,4,6,8,14H2,(H,26,28)(H,27,33)(H,29,32,34)/b12-10+. The minimum absolute atomic E-state index is 0.00349. The number of aromatic nitrogens is 1. The second kappa shape index (κ2) is 10.0. The molecule has 0 saturated heterocycles. The first-order chi connectivity index (χ1) is 16.4. The van der Waals surface area contributed by atoms with Crippen LogP contribution in [0.3, 0.4) is 0 Å². The van der Waals surface area contributed by atoms with E-state index in [1.807, 2.05) is 29.6 Å². The van der Waals surface area contributed by atoms with Crippen molar-refractivity contribution in [3.8, 4) is 11.5 Å². The van der Waals surface area contributed by atoms with Gasteiger partial charge in [-0.1, -0.05) is 24.3 Å². The number of aromatic hydroxyl groups is 2. The van der Waals surface area contributed by atoms with E-state index >= 15 is 0 Å². The molecule has 5 N–H and O–H groups in total. The summed E-state index contributed by atoms with van der Waals surface area (Å²) >= 11 is 0. The predicted octanol–water partition coefficient (Wildman–Crippen LogP) is 2.37. The summed E-state index contributed by atoms with van der Waals surface area (Å²) in [7, 11) is 0. The number of nitrogens with one attached hydrogen (secondary N) is 3. The molecule has 0 fully saturated rings. The number of nitrogens with zero attached hydrogens (tertiary/aromatic N) is 1. The van der Waals surface area contributed by atoms with Crippen molar-refractivity contribution in [1.82, 2.24) is 15.6 Å². The van der Waals surface area contributed by atoms with Gasteiger partial charge >= 0.3 is 11.8 Å². The van der Waals surface area contributed by atoms with Gasteiger partial charge in [0.15, 0.2) is 11.5 Å². The molecule has 2 aromatic carbocycles. The Morgan fingerprint density at radius 3 is 2.59 bits per heavy atom. The maximum absolute atomic E-state index is 12.2. The number of phenolic OH excluding ortho intramolecular Hbond substituents is 2. The highest BCUT2D eigenvalue weighted by atomic mass is 16.3. The minimum atomic E-state index is -1.09. The molecule has 1 aliphatic carbocycles. The van der Waals surface area contributed by atoms with Crippen LogP contribution in [0.1, 0.15) is 29.7 Å². The van der Waals surface area contributed by atoms with Crippen LogP contribution >= 0.6 is 0 Å². The number of benzene rings is 2. The van der Waals surface area contributed by atoms with E-state index in [9.17, 15) is 24.6 Å². The highest BCUT2D eigenvalue weighted by Crippen LogP contribution is 2.33. The molecule has 1 heterocycles. The van der Waals surface area contributed by atoms with E-state index in [4.69, 9.17) is 4.98 Å².